The Labute approximate surface area is 161 Å². The largest absolute Gasteiger partial charge is 0.338 e. The molecule has 0 radical (unpaired) electrons. The minimum absolute atomic E-state index is 0.344. The normalized spacial score (nSPS) is 10.6. The van der Waals surface area contributed by atoms with E-state index in [2.05, 4.69) is 15.7 Å². The van der Waals surface area contributed by atoms with E-state index >= 15 is 0 Å². The molecule has 28 heavy (non-hydrogen) atoms. The molecule has 1 heterocycles. The third-order valence-electron chi connectivity index (χ3n) is 4.30. The number of benzene rings is 3. The standard InChI is InChI=1S/C22H18N4O2/c1-15-8-7-11-17(14-15)23-22(28)25-26-20(16-9-3-2-4-10-16)24-19-13-6-5-12-18(19)21(26)27/h2-14H,1H3,(H2,23,25,28). The van der Waals surface area contributed by atoms with Crippen LogP contribution >= 0.6 is 0 Å². The summed E-state index contributed by atoms with van der Waals surface area (Å²) in [4.78, 5) is 30.2. The Bertz CT molecular complexity index is 1220. The van der Waals surface area contributed by atoms with Crippen molar-refractivity contribution in [1.29, 1.82) is 0 Å². The highest BCUT2D eigenvalue weighted by Gasteiger charge is 2.14. The molecule has 6 nitrogen and oxygen atoms in total. The Morgan fingerprint density at radius 2 is 1.68 bits per heavy atom. The Balaban J connectivity index is 1.77. The number of anilines is 1. The zero-order valence-electron chi connectivity index (χ0n) is 15.2. The molecule has 0 spiro atoms. The maximum absolute atomic E-state index is 13.0. The van der Waals surface area contributed by atoms with Gasteiger partial charge in [-0.25, -0.2) is 15.2 Å². The maximum atomic E-state index is 13.0. The summed E-state index contributed by atoms with van der Waals surface area (Å²) < 4.78 is 1.18. The second-order valence-electron chi connectivity index (χ2n) is 6.39. The van der Waals surface area contributed by atoms with E-state index in [9.17, 15) is 9.59 Å². The van der Waals surface area contributed by atoms with Crippen molar-refractivity contribution in [3.63, 3.8) is 0 Å². The van der Waals surface area contributed by atoms with Crippen molar-refractivity contribution in [3.05, 3.63) is 94.8 Å². The molecule has 138 valence electrons. The molecule has 0 fully saturated rings. The van der Waals surface area contributed by atoms with Crippen LogP contribution in [0.25, 0.3) is 22.3 Å². The van der Waals surface area contributed by atoms with E-state index in [1.807, 2.05) is 61.5 Å². The second-order valence-corrected chi connectivity index (χ2v) is 6.39. The minimum atomic E-state index is -0.526. The number of nitrogens with zero attached hydrogens (tertiary/aromatic N) is 2. The van der Waals surface area contributed by atoms with Gasteiger partial charge in [-0.15, -0.1) is 0 Å². The van der Waals surface area contributed by atoms with Gasteiger partial charge < -0.3 is 5.32 Å². The van der Waals surface area contributed by atoms with Crippen LogP contribution in [0.2, 0.25) is 0 Å². The SMILES string of the molecule is Cc1cccc(NC(=O)Nn2c(-c3ccccc3)nc3ccccc3c2=O)c1. The van der Waals surface area contributed by atoms with Crippen LogP contribution in [0.15, 0.2) is 83.7 Å². The summed E-state index contributed by atoms with van der Waals surface area (Å²) in [7, 11) is 0. The van der Waals surface area contributed by atoms with Crippen molar-refractivity contribution in [2.75, 3.05) is 10.7 Å². The Hall–Kier alpha value is -3.93. The lowest BCUT2D eigenvalue weighted by Gasteiger charge is -2.15. The lowest BCUT2D eigenvalue weighted by atomic mass is 10.2. The molecule has 4 rings (SSSR count). The molecule has 4 aromatic rings. The molecular formula is C22H18N4O2. The first-order chi connectivity index (χ1) is 13.6. The van der Waals surface area contributed by atoms with Crippen LogP contribution in [0.1, 0.15) is 5.56 Å². The summed E-state index contributed by atoms with van der Waals surface area (Å²) >= 11 is 0. The van der Waals surface area contributed by atoms with E-state index in [1.54, 1.807) is 24.3 Å². The molecule has 0 aliphatic rings. The van der Waals surface area contributed by atoms with Gasteiger partial charge in [0.15, 0.2) is 5.82 Å². The van der Waals surface area contributed by atoms with Crippen molar-refractivity contribution in [2.45, 2.75) is 6.92 Å². The number of rotatable bonds is 3. The summed E-state index contributed by atoms with van der Waals surface area (Å²) in [5.41, 5.74) is 5.24. The van der Waals surface area contributed by atoms with Crippen LogP contribution in [-0.2, 0) is 0 Å². The highest BCUT2D eigenvalue weighted by Crippen LogP contribution is 2.18. The third kappa shape index (κ3) is 3.48. The number of amides is 2. The number of carbonyl (C=O) groups is 1. The summed E-state index contributed by atoms with van der Waals surface area (Å²) in [5.74, 6) is 0.365. The maximum Gasteiger partial charge on any atom is 0.338 e. The molecule has 0 bridgehead atoms. The highest BCUT2D eigenvalue weighted by atomic mass is 16.2. The number of aryl methyl sites for hydroxylation is 1. The molecule has 2 N–H and O–H groups in total. The van der Waals surface area contributed by atoms with E-state index in [4.69, 9.17) is 0 Å². The summed E-state index contributed by atoms with van der Waals surface area (Å²) in [6.07, 6.45) is 0. The fourth-order valence-electron chi connectivity index (χ4n) is 3.00. The molecule has 3 aromatic carbocycles. The van der Waals surface area contributed by atoms with Crippen molar-refractivity contribution < 1.29 is 4.79 Å². The molecule has 0 atom stereocenters. The average Bonchev–Trinajstić information content (AvgIpc) is 2.70. The molecule has 6 heteroatoms. The van der Waals surface area contributed by atoms with Gasteiger partial charge in [0.2, 0.25) is 0 Å². The predicted molar refractivity (Wildman–Crippen MR) is 111 cm³/mol. The van der Waals surface area contributed by atoms with E-state index in [0.717, 1.165) is 11.1 Å². The number of para-hydroxylation sites is 1. The molecule has 0 saturated heterocycles. The zero-order valence-corrected chi connectivity index (χ0v) is 15.2. The fraction of sp³-hybridized carbons (Fsp3) is 0.0455. The van der Waals surface area contributed by atoms with Gasteiger partial charge in [0.1, 0.15) is 0 Å². The quantitative estimate of drug-likeness (QED) is 0.569. The van der Waals surface area contributed by atoms with Crippen molar-refractivity contribution >= 4 is 22.6 Å². The Morgan fingerprint density at radius 3 is 2.46 bits per heavy atom. The van der Waals surface area contributed by atoms with Gasteiger partial charge in [-0.3, -0.25) is 4.79 Å². The average molecular weight is 370 g/mol. The van der Waals surface area contributed by atoms with Crippen LogP contribution in [-0.4, -0.2) is 15.7 Å². The topological polar surface area (TPSA) is 76.0 Å². The minimum Gasteiger partial charge on any atom is -0.307 e. The van der Waals surface area contributed by atoms with Gasteiger partial charge in [-0.2, -0.15) is 4.68 Å². The predicted octanol–water partition coefficient (Wildman–Crippen LogP) is 4.15. The first-order valence-corrected chi connectivity index (χ1v) is 8.84. The fourth-order valence-corrected chi connectivity index (χ4v) is 3.00. The number of urea groups is 1. The number of aromatic nitrogens is 2. The van der Waals surface area contributed by atoms with E-state index in [-0.39, 0.29) is 5.56 Å². The Kier molecular flexibility index (Phi) is 4.60. The second kappa shape index (κ2) is 7.36. The Morgan fingerprint density at radius 1 is 0.929 bits per heavy atom. The van der Waals surface area contributed by atoms with Gasteiger partial charge in [0, 0.05) is 11.3 Å². The first-order valence-electron chi connectivity index (χ1n) is 8.84. The molecule has 0 aliphatic heterocycles. The van der Waals surface area contributed by atoms with Crippen LogP contribution in [0.3, 0.4) is 0 Å². The summed E-state index contributed by atoms with van der Waals surface area (Å²) in [5, 5.41) is 3.18. The van der Waals surface area contributed by atoms with Crippen molar-refractivity contribution in [2.24, 2.45) is 0 Å². The first kappa shape index (κ1) is 17.5. The summed E-state index contributed by atoms with van der Waals surface area (Å²) in [6.45, 7) is 1.94. The van der Waals surface area contributed by atoms with Gasteiger partial charge in [0.25, 0.3) is 5.56 Å². The summed E-state index contributed by atoms with van der Waals surface area (Å²) in [6, 6.07) is 23.2. The number of fused-ring (bicyclic) bond motifs is 1. The van der Waals surface area contributed by atoms with Crippen molar-refractivity contribution in [3.8, 4) is 11.4 Å². The van der Waals surface area contributed by atoms with E-state index in [0.29, 0.717) is 22.4 Å². The van der Waals surface area contributed by atoms with Gasteiger partial charge in [0.05, 0.1) is 10.9 Å². The smallest absolute Gasteiger partial charge is 0.307 e. The van der Waals surface area contributed by atoms with Gasteiger partial charge in [-0.1, -0.05) is 54.6 Å². The van der Waals surface area contributed by atoms with Crippen LogP contribution in [0, 0.1) is 6.92 Å². The monoisotopic (exact) mass is 370 g/mol. The van der Waals surface area contributed by atoms with E-state index < -0.39 is 6.03 Å². The zero-order chi connectivity index (χ0) is 19.5. The van der Waals surface area contributed by atoms with Crippen molar-refractivity contribution in [1.82, 2.24) is 9.66 Å². The molecule has 0 saturated carbocycles. The highest BCUT2D eigenvalue weighted by molar-refractivity contribution is 5.95. The third-order valence-corrected chi connectivity index (χ3v) is 4.30. The van der Waals surface area contributed by atoms with Gasteiger partial charge >= 0.3 is 6.03 Å². The van der Waals surface area contributed by atoms with Crippen LogP contribution < -0.4 is 16.3 Å². The lowest BCUT2D eigenvalue weighted by Crippen LogP contribution is -2.37. The molecule has 2 amide bonds. The van der Waals surface area contributed by atoms with E-state index in [1.165, 1.54) is 4.68 Å². The number of hydrogen-bond acceptors (Lipinski definition) is 3. The van der Waals surface area contributed by atoms with Crippen LogP contribution in [0.5, 0.6) is 0 Å². The molecule has 1 aromatic heterocycles. The number of hydrogen-bond donors (Lipinski definition) is 2. The number of nitrogens with one attached hydrogen (secondary N) is 2. The molecule has 0 aliphatic carbocycles. The molecular weight excluding hydrogens is 352 g/mol. The molecule has 0 unspecified atom stereocenters. The van der Waals surface area contributed by atoms with Crippen LogP contribution in [0.4, 0.5) is 10.5 Å². The number of carbonyl (C=O) groups excluding carboxylic acids is 1. The van der Waals surface area contributed by atoms with Gasteiger partial charge in [-0.05, 0) is 36.8 Å². The lowest BCUT2D eigenvalue weighted by molar-refractivity contribution is 0.259.